The lowest BCUT2D eigenvalue weighted by molar-refractivity contribution is 0.0656. The maximum atomic E-state index is 2.67. The predicted octanol–water partition coefficient (Wildman–Crippen LogP) is 1.81. The molecule has 2 heteroatoms. The van der Waals surface area contributed by atoms with Crippen LogP contribution >= 0.6 is 0 Å². The second kappa shape index (κ2) is 3.49. The standard InChI is InChI=1S/C12H24N2/c1-12(2,3)9-14-7-10-5-6-11(8-14)13(10)4/h10-11H,5-9H2,1-4H3. The molecule has 2 aliphatic rings. The van der Waals surface area contributed by atoms with Crippen molar-refractivity contribution in [3.63, 3.8) is 0 Å². The minimum atomic E-state index is 0.454. The van der Waals surface area contributed by atoms with E-state index in [2.05, 4.69) is 37.6 Å². The Hall–Kier alpha value is -0.0800. The average molecular weight is 196 g/mol. The molecule has 2 heterocycles. The monoisotopic (exact) mass is 196 g/mol. The molecule has 2 atom stereocenters. The Morgan fingerprint density at radius 1 is 1.07 bits per heavy atom. The number of likely N-dealkylation sites (N-methyl/N-ethyl adjacent to an activating group) is 1. The Kier molecular flexibility index (Phi) is 2.61. The van der Waals surface area contributed by atoms with Gasteiger partial charge in [-0.05, 0) is 25.3 Å². The molecule has 2 saturated heterocycles. The fourth-order valence-electron chi connectivity index (χ4n) is 3.00. The molecule has 2 aliphatic heterocycles. The zero-order valence-corrected chi connectivity index (χ0v) is 10.1. The van der Waals surface area contributed by atoms with E-state index in [4.69, 9.17) is 0 Å². The molecular weight excluding hydrogens is 172 g/mol. The summed E-state index contributed by atoms with van der Waals surface area (Å²) in [4.78, 5) is 5.27. The highest BCUT2D eigenvalue weighted by Crippen LogP contribution is 2.29. The number of piperazine rings is 1. The zero-order valence-electron chi connectivity index (χ0n) is 10.1. The normalized spacial score (nSPS) is 35.1. The summed E-state index contributed by atoms with van der Waals surface area (Å²) in [5, 5.41) is 0. The summed E-state index contributed by atoms with van der Waals surface area (Å²) < 4.78 is 0. The summed E-state index contributed by atoms with van der Waals surface area (Å²) in [5.74, 6) is 0. The van der Waals surface area contributed by atoms with Crippen LogP contribution in [0.5, 0.6) is 0 Å². The first kappa shape index (κ1) is 10.4. The van der Waals surface area contributed by atoms with Gasteiger partial charge in [0.15, 0.2) is 0 Å². The van der Waals surface area contributed by atoms with Crippen molar-refractivity contribution >= 4 is 0 Å². The summed E-state index contributed by atoms with van der Waals surface area (Å²) >= 11 is 0. The molecule has 2 fully saturated rings. The quantitative estimate of drug-likeness (QED) is 0.631. The van der Waals surface area contributed by atoms with E-state index in [1.807, 2.05) is 0 Å². The third-order valence-corrected chi connectivity index (χ3v) is 3.62. The van der Waals surface area contributed by atoms with Gasteiger partial charge in [0.1, 0.15) is 0 Å². The molecule has 0 aromatic carbocycles. The molecular formula is C12H24N2. The Morgan fingerprint density at radius 2 is 1.57 bits per heavy atom. The van der Waals surface area contributed by atoms with Crippen molar-refractivity contribution in [1.29, 1.82) is 0 Å². The summed E-state index contributed by atoms with van der Waals surface area (Å²) in [6.45, 7) is 10.9. The van der Waals surface area contributed by atoms with Crippen LogP contribution in [-0.2, 0) is 0 Å². The maximum absolute atomic E-state index is 2.67. The van der Waals surface area contributed by atoms with Gasteiger partial charge in [-0.3, -0.25) is 9.80 Å². The predicted molar refractivity (Wildman–Crippen MR) is 60.5 cm³/mol. The first-order chi connectivity index (χ1) is 6.46. The fraction of sp³-hybridized carbons (Fsp3) is 1.00. The van der Waals surface area contributed by atoms with Crippen molar-refractivity contribution in [2.75, 3.05) is 26.7 Å². The number of fused-ring (bicyclic) bond motifs is 2. The van der Waals surface area contributed by atoms with Gasteiger partial charge in [0.05, 0.1) is 0 Å². The van der Waals surface area contributed by atoms with E-state index < -0.39 is 0 Å². The first-order valence-electron chi connectivity index (χ1n) is 5.90. The van der Waals surface area contributed by atoms with Crippen molar-refractivity contribution < 1.29 is 0 Å². The van der Waals surface area contributed by atoms with Crippen LogP contribution in [-0.4, -0.2) is 48.6 Å². The molecule has 0 N–H and O–H groups in total. The van der Waals surface area contributed by atoms with E-state index in [0.717, 1.165) is 12.1 Å². The molecule has 2 bridgehead atoms. The Bertz CT molecular complexity index is 193. The highest BCUT2D eigenvalue weighted by molar-refractivity contribution is 4.94. The van der Waals surface area contributed by atoms with Crippen LogP contribution in [0.25, 0.3) is 0 Å². The highest BCUT2D eigenvalue weighted by Gasteiger charge is 2.37. The first-order valence-corrected chi connectivity index (χ1v) is 5.90. The van der Waals surface area contributed by atoms with Crippen LogP contribution in [0.3, 0.4) is 0 Å². The molecule has 82 valence electrons. The van der Waals surface area contributed by atoms with Gasteiger partial charge in [0.25, 0.3) is 0 Å². The second-order valence-corrected chi connectivity index (χ2v) is 6.31. The van der Waals surface area contributed by atoms with Crippen molar-refractivity contribution in [1.82, 2.24) is 9.80 Å². The van der Waals surface area contributed by atoms with Crippen LogP contribution in [0.4, 0.5) is 0 Å². The van der Waals surface area contributed by atoms with Crippen LogP contribution in [0.15, 0.2) is 0 Å². The third-order valence-electron chi connectivity index (χ3n) is 3.62. The molecule has 0 aromatic heterocycles. The van der Waals surface area contributed by atoms with Crippen molar-refractivity contribution in [3.8, 4) is 0 Å². The molecule has 0 spiro atoms. The number of hydrogen-bond acceptors (Lipinski definition) is 2. The van der Waals surface area contributed by atoms with Crippen LogP contribution in [0.2, 0.25) is 0 Å². The molecule has 0 aromatic rings. The van der Waals surface area contributed by atoms with Gasteiger partial charge >= 0.3 is 0 Å². The highest BCUT2D eigenvalue weighted by atomic mass is 15.3. The van der Waals surface area contributed by atoms with Crippen molar-refractivity contribution in [3.05, 3.63) is 0 Å². The fourth-order valence-corrected chi connectivity index (χ4v) is 3.00. The van der Waals surface area contributed by atoms with E-state index in [9.17, 15) is 0 Å². The molecule has 2 unspecified atom stereocenters. The van der Waals surface area contributed by atoms with Gasteiger partial charge < -0.3 is 0 Å². The molecule has 0 radical (unpaired) electrons. The molecule has 2 nitrogen and oxygen atoms in total. The lowest BCUT2D eigenvalue weighted by atomic mass is 9.95. The largest absolute Gasteiger partial charge is 0.300 e. The molecule has 2 rings (SSSR count). The molecule has 0 amide bonds. The van der Waals surface area contributed by atoms with Crippen LogP contribution in [0.1, 0.15) is 33.6 Å². The summed E-state index contributed by atoms with van der Waals surface area (Å²) in [5.41, 5.74) is 0.454. The number of rotatable bonds is 1. The number of hydrogen-bond donors (Lipinski definition) is 0. The van der Waals surface area contributed by atoms with E-state index >= 15 is 0 Å². The van der Waals surface area contributed by atoms with E-state index in [1.165, 1.54) is 32.5 Å². The maximum Gasteiger partial charge on any atom is 0.0224 e. The lowest BCUT2D eigenvalue weighted by Gasteiger charge is -2.41. The Morgan fingerprint density at radius 3 is 2.00 bits per heavy atom. The van der Waals surface area contributed by atoms with E-state index in [1.54, 1.807) is 0 Å². The molecule has 0 aliphatic carbocycles. The van der Waals surface area contributed by atoms with Gasteiger partial charge in [-0.2, -0.15) is 0 Å². The third kappa shape index (κ3) is 2.12. The van der Waals surface area contributed by atoms with Crippen molar-refractivity contribution in [2.45, 2.75) is 45.7 Å². The summed E-state index contributed by atoms with van der Waals surface area (Å²) in [7, 11) is 2.30. The Labute approximate surface area is 88.3 Å². The topological polar surface area (TPSA) is 6.48 Å². The number of nitrogens with zero attached hydrogens (tertiary/aromatic N) is 2. The average Bonchev–Trinajstić information content (AvgIpc) is 2.32. The molecule has 0 saturated carbocycles. The Balaban J connectivity index is 1.93. The van der Waals surface area contributed by atoms with Crippen LogP contribution in [0, 0.1) is 5.41 Å². The summed E-state index contributed by atoms with van der Waals surface area (Å²) in [6, 6.07) is 1.69. The minimum Gasteiger partial charge on any atom is -0.300 e. The molecule has 14 heavy (non-hydrogen) atoms. The van der Waals surface area contributed by atoms with E-state index in [-0.39, 0.29) is 0 Å². The van der Waals surface area contributed by atoms with Gasteiger partial charge in [-0.1, -0.05) is 20.8 Å². The minimum absolute atomic E-state index is 0.454. The number of likely N-dealkylation sites (tertiary alicyclic amines) is 1. The van der Waals surface area contributed by atoms with Gasteiger partial charge in [0.2, 0.25) is 0 Å². The SMILES string of the molecule is CN1C2CCC1CN(CC(C)(C)C)C2. The van der Waals surface area contributed by atoms with Crippen molar-refractivity contribution in [2.24, 2.45) is 5.41 Å². The van der Waals surface area contributed by atoms with Gasteiger partial charge in [0, 0.05) is 31.7 Å². The lowest BCUT2D eigenvalue weighted by Crippen LogP contribution is -2.53. The van der Waals surface area contributed by atoms with Crippen LogP contribution < -0.4 is 0 Å². The van der Waals surface area contributed by atoms with E-state index in [0.29, 0.717) is 5.41 Å². The van der Waals surface area contributed by atoms with Gasteiger partial charge in [-0.15, -0.1) is 0 Å². The zero-order chi connectivity index (χ0) is 10.3. The summed E-state index contributed by atoms with van der Waals surface area (Å²) in [6.07, 6.45) is 2.84. The smallest absolute Gasteiger partial charge is 0.0224 e. The van der Waals surface area contributed by atoms with Gasteiger partial charge in [-0.25, -0.2) is 0 Å². The second-order valence-electron chi connectivity index (χ2n) is 6.31.